The van der Waals surface area contributed by atoms with E-state index in [0.717, 1.165) is 31.2 Å². The van der Waals surface area contributed by atoms with Crippen LogP contribution in [-0.2, 0) is 9.53 Å². The molecule has 7 nitrogen and oxygen atoms in total. The summed E-state index contributed by atoms with van der Waals surface area (Å²) in [6, 6.07) is 8.07. The normalized spacial score (nSPS) is 24.4. The van der Waals surface area contributed by atoms with E-state index in [1.165, 1.54) is 10.6 Å². The Bertz CT molecular complexity index is 1460. The monoisotopic (exact) mass is 554 g/mol. The number of aromatic nitrogens is 3. The van der Waals surface area contributed by atoms with Gasteiger partial charge < -0.3 is 9.64 Å². The zero-order chi connectivity index (χ0) is 28.2. The van der Waals surface area contributed by atoms with Crippen LogP contribution in [-0.4, -0.2) is 56.5 Å². The van der Waals surface area contributed by atoms with Crippen molar-refractivity contribution >= 4 is 17.5 Å². The maximum absolute atomic E-state index is 15.4. The fourth-order valence-corrected chi connectivity index (χ4v) is 6.17. The molecular formula is C30H33F3N4O3. The Kier molecular flexibility index (Phi) is 6.82. The van der Waals surface area contributed by atoms with Crippen molar-refractivity contribution in [2.45, 2.75) is 82.6 Å². The Balaban J connectivity index is 1.34. The van der Waals surface area contributed by atoms with Gasteiger partial charge in [0.05, 0.1) is 23.9 Å². The van der Waals surface area contributed by atoms with E-state index in [4.69, 9.17) is 4.74 Å². The number of hydrogen-bond donors (Lipinski definition) is 0. The molecule has 2 aromatic heterocycles. The molecule has 3 atom stereocenters. The highest BCUT2D eigenvalue weighted by molar-refractivity contribution is 5.93. The summed E-state index contributed by atoms with van der Waals surface area (Å²) in [6.07, 6.45) is 3.89. The van der Waals surface area contributed by atoms with Crippen molar-refractivity contribution < 1.29 is 27.5 Å². The number of alkyl halides is 2. The molecule has 40 heavy (non-hydrogen) atoms. The van der Waals surface area contributed by atoms with Gasteiger partial charge in [0.15, 0.2) is 5.65 Å². The molecule has 0 spiro atoms. The standard InChI is InChI=1S/C30H33F3N4O3/c1-3-40-29(39)22-12-21(22)18-8-9-20(23(31)11-18)24-14-27-34-25(28(38)36-10-6-4-5-7-17(36)2)13-26(37(27)35-24)19-15-30(32,33)16-19/h8-9,11,13-14,17,19,21-22H,3-7,10,12,15-16H2,1-2H3/t17-,21+,22-/m1/s1. The average molecular weight is 555 g/mol. The van der Waals surface area contributed by atoms with E-state index in [0.29, 0.717) is 36.6 Å². The highest BCUT2D eigenvalue weighted by Gasteiger charge is 2.47. The Morgan fingerprint density at radius 2 is 1.93 bits per heavy atom. The van der Waals surface area contributed by atoms with Crippen LogP contribution in [0.4, 0.5) is 13.2 Å². The van der Waals surface area contributed by atoms with Gasteiger partial charge >= 0.3 is 5.97 Å². The number of likely N-dealkylation sites (tertiary alicyclic amines) is 1. The van der Waals surface area contributed by atoms with Gasteiger partial charge in [0.25, 0.3) is 5.91 Å². The van der Waals surface area contributed by atoms with Crippen molar-refractivity contribution in [1.29, 1.82) is 0 Å². The average Bonchev–Trinajstić information content (AvgIpc) is 3.64. The van der Waals surface area contributed by atoms with Crippen LogP contribution >= 0.6 is 0 Å². The van der Waals surface area contributed by atoms with E-state index in [1.54, 1.807) is 31.2 Å². The molecule has 2 aliphatic carbocycles. The van der Waals surface area contributed by atoms with Gasteiger partial charge in [-0.3, -0.25) is 9.59 Å². The fraction of sp³-hybridized carbons (Fsp3) is 0.533. The van der Waals surface area contributed by atoms with Gasteiger partial charge in [0.1, 0.15) is 11.5 Å². The number of fused-ring (bicyclic) bond motifs is 1. The first-order valence-electron chi connectivity index (χ1n) is 14.2. The first-order valence-corrected chi connectivity index (χ1v) is 14.2. The summed E-state index contributed by atoms with van der Waals surface area (Å²) < 4.78 is 49.7. The summed E-state index contributed by atoms with van der Waals surface area (Å²) in [4.78, 5) is 32.0. The minimum atomic E-state index is -2.76. The van der Waals surface area contributed by atoms with E-state index in [9.17, 15) is 18.4 Å². The van der Waals surface area contributed by atoms with Crippen LogP contribution < -0.4 is 0 Å². The van der Waals surface area contributed by atoms with Crippen molar-refractivity contribution in [2.24, 2.45) is 5.92 Å². The highest BCUT2D eigenvalue weighted by Crippen LogP contribution is 2.49. The van der Waals surface area contributed by atoms with Crippen LogP contribution in [0.5, 0.6) is 0 Å². The van der Waals surface area contributed by atoms with Gasteiger partial charge in [-0.15, -0.1) is 0 Å². The number of esters is 1. The quantitative estimate of drug-likeness (QED) is 0.343. The number of ether oxygens (including phenoxy) is 1. The first-order chi connectivity index (χ1) is 19.1. The molecule has 2 saturated carbocycles. The summed E-state index contributed by atoms with van der Waals surface area (Å²) in [7, 11) is 0. The maximum Gasteiger partial charge on any atom is 0.309 e. The van der Waals surface area contributed by atoms with Crippen LogP contribution in [0.25, 0.3) is 16.9 Å². The van der Waals surface area contributed by atoms with Crippen molar-refractivity contribution in [1.82, 2.24) is 19.5 Å². The lowest BCUT2D eigenvalue weighted by molar-refractivity contribution is -0.144. The second-order valence-corrected chi connectivity index (χ2v) is 11.5. The summed E-state index contributed by atoms with van der Waals surface area (Å²) in [6.45, 7) is 4.71. The third kappa shape index (κ3) is 4.97. The molecule has 0 radical (unpaired) electrons. The molecule has 3 aromatic rings. The molecule has 3 aliphatic rings. The molecular weight excluding hydrogens is 521 g/mol. The van der Waals surface area contributed by atoms with Crippen molar-refractivity contribution in [3.05, 3.63) is 53.1 Å². The van der Waals surface area contributed by atoms with Crippen molar-refractivity contribution in [3.63, 3.8) is 0 Å². The molecule has 1 aliphatic heterocycles. The molecule has 0 unspecified atom stereocenters. The maximum atomic E-state index is 15.4. The third-order valence-electron chi connectivity index (χ3n) is 8.57. The van der Waals surface area contributed by atoms with Gasteiger partial charge in [0, 0.05) is 43.0 Å². The highest BCUT2D eigenvalue weighted by atomic mass is 19.3. The Hall–Kier alpha value is -3.43. The molecule has 10 heteroatoms. The lowest BCUT2D eigenvalue weighted by atomic mass is 9.79. The SMILES string of the molecule is CCOC(=O)[C@@H]1C[C@H]1c1ccc(-c2cc3nc(C(=O)N4CCCCC[C@H]4C)cc(C4CC(F)(F)C4)n3n2)c(F)c1. The minimum Gasteiger partial charge on any atom is -0.466 e. The lowest BCUT2D eigenvalue weighted by Crippen LogP contribution is -2.39. The number of benzene rings is 1. The Morgan fingerprint density at radius 1 is 1.12 bits per heavy atom. The van der Waals surface area contributed by atoms with E-state index in [1.807, 2.05) is 11.8 Å². The van der Waals surface area contributed by atoms with Gasteiger partial charge in [0.2, 0.25) is 5.92 Å². The number of hydrogen-bond acceptors (Lipinski definition) is 5. The summed E-state index contributed by atoms with van der Waals surface area (Å²) in [5.41, 5.74) is 2.27. The van der Waals surface area contributed by atoms with E-state index in [2.05, 4.69) is 10.1 Å². The molecule has 1 aromatic carbocycles. The molecule has 1 amide bonds. The van der Waals surface area contributed by atoms with Crippen LogP contribution in [0.3, 0.4) is 0 Å². The predicted octanol–water partition coefficient (Wildman–Crippen LogP) is 6.12. The van der Waals surface area contributed by atoms with Gasteiger partial charge in [-0.2, -0.15) is 5.10 Å². The van der Waals surface area contributed by atoms with Crippen LogP contribution in [0, 0.1) is 11.7 Å². The van der Waals surface area contributed by atoms with Crippen LogP contribution in [0.15, 0.2) is 30.3 Å². The second-order valence-electron chi connectivity index (χ2n) is 11.5. The van der Waals surface area contributed by atoms with E-state index in [-0.39, 0.29) is 53.9 Å². The number of amides is 1. The van der Waals surface area contributed by atoms with E-state index >= 15 is 4.39 Å². The fourth-order valence-electron chi connectivity index (χ4n) is 6.17. The topological polar surface area (TPSA) is 76.8 Å². The number of rotatable bonds is 6. The molecule has 3 heterocycles. The van der Waals surface area contributed by atoms with Crippen LogP contribution in [0.1, 0.15) is 92.4 Å². The molecule has 6 rings (SSSR count). The third-order valence-corrected chi connectivity index (χ3v) is 8.57. The molecule has 3 fully saturated rings. The number of carbonyl (C=O) groups excluding carboxylic acids is 2. The smallest absolute Gasteiger partial charge is 0.309 e. The largest absolute Gasteiger partial charge is 0.466 e. The van der Waals surface area contributed by atoms with E-state index < -0.39 is 17.7 Å². The zero-order valence-electron chi connectivity index (χ0n) is 22.7. The van der Waals surface area contributed by atoms with Crippen molar-refractivity contribution in [3.8, 4) is 11.3 Å². The number of halogens is 3. The molecule has 0 N–H and O–H groups in total. The summed E-state index contributed by atoms with van der Waals surface area (Å²) >= 11 is 0. The number of carbonyl (C=O) groups is 2. The van der Waals surface area contributed by atoms with Gasteiger partial charge in [-0.1, -0.05) is 18.9 Å². The Morgan fingerprint density at radius 3 is 2.65 bits per heavy atom. The molecule has 0 bridgehead atoms. The summed E-state index contributed by atoms with van der Waals surface area (Å²) in [5.74, 6) is -4.56. The summed E-state index contributed by atoms with van der Waals surface area (Å²) in [5, 5.41) is 4.57. The lowest BCUT2D eigenvalue weighted by Gasteiger charge is -2.35. The van der Waals surface area contributed by atoms with Gasteiger partial charge in [-0.05, 0) is 62.8 Å². The van der Waals surface area contributed by atoms with Crippen LogP contribution in [0.2, 0.25) is 0 Å². The minimum absolute atomic E-state index is 0.0625. The van der Waals surface area contributed by atoms with Crippen molar-refractivity contribution in [2.75, 3.05) is 13.2 Å². The second kappa shape index (κ2) is 10.2. The first kappa shape index (κ1) is 26.8. The Labute approximate surface area is 230 Å². The molecule has 1 saturated heterocycles. The predicted molar refractivity (Wildman–Crippen MR) is 142 cm³/mol. The molecule has 212 valence electrons. The number of nitrogens with zero attached hydrogens (tertiary/aromatic N) is 4. The van der Waals surface area contributed by atoms with Gasteiger partial charge in [-0.25, -0.2) is 22.7 Å². The zero-order valence-corrected chi connectivity index (χ0v) is 22.7.